The van der Waals surface area contributed by atoms with Gasteiger partial charge in [0.05, 0.1) is 6.26 Å². The normalized spacial score (nSPS) is 10.6. The first kappa shape index (κ1) is 19.2. The van der Waals surface area contributed by atoms with Crippen molar-refractivity contribution < 1.29 is 13.7 Å². The van der Waals surface area contributed by atoms with E-state index in [-0.39, 0.29) is 11.6 Å². The molecule has 0 atom stereocenters. The van der Waals surface area contributed by atoms with Crippen LogP contribution in [0, 0.1) is 6.92 Å². The Morgan fingerprint density at radius 2 is 1.77 bits per heavy atom. The highest BCUT2D eigenvalue weighted by Crippen LogP contribution is 2.22. The summed E-state index contributed by atoms with van der Waals surface area (Å²) in [7, 11) is 0. The van der Waals surface area contributed by atoms with Gasteiger partial charge in [-0.2, -0.15) is 0 Å². The van der Waals surface area contributed by atoms with Gasteiger partial charge in [0.2, 0.25) is 5.76 Å². The fraction of sp³-hybridized carbons (Fsp3) is 0.143. The van der Waals surface area contributed by atoms with Crippen molar-refractivity contribution in [2.24, 2.45) is 0 Å². The van der Waals surface area contributed by atoms with Crippen molar-refractivity contribution in [3.05, 3.63) is 66.3 Å². The van der Waals surface area contributed by atoms with Gasteiger partial charge in [-0.3, -0.25) is 4.79 Å². The van der Waals surface area contributed by atoms with Gasteiger partial charge in [0, 0.05) is 30.1 Å². The van der Waals surface area contributed by atoms with Gasteiger partial charge in [-0.15, -0.1) is 0 Å². The number of nitrogens with one attached hydrogen (secondary N) is 3. The summed E-state index contributed by atoms with van der Waals surface area (Å²) >= 11 is 0. The van der Waals surface area contributed by atoms with E-state index in [4.69, 9.17) is 8.94 Å². The third-order valence-electron chi connectivity index (χ3n) is 4.12. The lowest BCUT2D eigenvalue weighted by atomic mass is 10.2. The molecule has 3 N–H and O–H groups in total. The first-order chi connectivity index (χ1) is 14.6. The minimum absolute atomic E-state index is 0.163. The molecule has 9 heteroatoms. The fourth-order valence-corrected chi connectivity index (χ4v) is 2.80. The molecule has 4 rings (SSSR count). The van der Waals surface area contributed by atoms with Crippen molar-refractivity contribution >= 4 is 28.9 Å². The maximum Gasteiger partial charge on any atom is 0.277 e. The number of nitrogens with zero attached hydrogens (tertiary/aromatic N) is 3. The molecule has 9 nitrogen and oxygen atoms in total. The Morgan fingerprint density at radius 3 is 2.50 bits per heavy atom. The van der Waals surface area contributed by atoms with E-state index in [1.165, 1.54) is 12.3 Å². The van der Waals surface area contributed by atoms with Crippen LogP contribution in [0.1, 0.15) is 23.2 Å². The van der Waals surface area contributed by atoms with Crippen LogP contribution in [-0.2, 0) is 0 Å². The predicted octanol–water partition coefficient (Wildman–Crippen LogP) is 4.46. The topological polar surface area (TPSA) is 118 Å². The van der Waals surface area contributed by atoms with E-state index in [0.717, 1.165) is 18.1 Å². The van der Waals surface area contributed by atoms with Gasteiger partial charge in [-0.05, 0) is 50.2 Å². The van der Waals surface area contributed by atoms with Crippen LogP contribution in [0.5, 0.6) is 0 Å². The van der Waals surface area contributed by atoms with Crippen LogP contribution in [0.3, 0.4) is 0 Å². The molecule has 30 heavy (non-hydrogen) atoms. The molecule has 0 saturated carbocycles. The number of rotatable bonds is 7. The number of carbonyl (C=O) groups is 1. The highest BCUT2D eigenvalue weighted by Gasteiger charge is 2.15. The van der Waals surface area contributed by atoms with Gasteiger partial charge in [0.15, 0.2) is 11.5 Å². The average molecular weight is 404 g/mol. The van der Waals surface area contributed by atoms with E-state index in [9.17, 15) is 4.79 Å². The Hall–Kier alpha value is -4.14. The highest BCUT2D eigenvalue weighted by atomic mass is 16.5. The minimum atomic E-state index is -0.376. The number of aromatic nitrogens is 3. The SMILES string of the molecule is CCNc1cc(Nc2ccc(NC(=O)c3cc(-c4ccco4)on3)cc2)nc(C)n1. The van der Waals surface area contributed by atoms with Crippen molar-refractivity contribution in [1.29, 1.82) is 0 Å². The van der Waals surface area contributed by atoms with Crippen LogP contribution in [0.25, 0.3) is 11.5 Å². The third kappa shape index (κ3) is 4.46. The number of anilines is 4. The van der Waals surface area contributed by atoms with Crippen LogP contribution in [0.4, 0.5) is 23.0 Å². The summed E-state index contributed by atoms with van der Waals surface area (Å²) in [5.74, 6) is 2.64. The van der Waals surface area contributed by atoms with Crippen molar-refractivity contribution in [3.8, 4) is 11.5 Å². The monoisotopic (exact) mass is 404 g/mol. The lowest BCUT2D eigenvalue weighted by Crippen LogP contribution is -2.12. The van der Waals surface area contributed by atoms with Crippen LogP contribution in [-0.4, -0.2) is 27.6 Å². The maximum absolute atomic E-state index is 12.4. The van der Waals surface area contributed by atoms with Crippen molar-refractivity contribution in [2.45, 2.75) is 13.8 Å². The number of aryl methyl sites for hydroxylation is 1. The molecule has 152 valence electrons. The molecule has 0 aliphatic heterocycles. The van der Waals surface area contributed by atoms with E-state index < -0.39 is 0 Å². The fourth-order valence-electron chi connectivity index (χ4n) is 2.80. The first-order valence-corrected chi connectivity index (χ1v) is 9.39. The quantitative estimate of drug-likeness (QED) is 0.413. The standard InChI is InChI=1S/C21H20N6O3/c1-3-22-19-12-20(24-13(2)23-19)25-14-6-8-15(9-7-14)26-21(28)16-11-18(30-27-16)17-5-4-10-29-17/h4-12H,3H2,1-2H3,(H,26,28)(H2,22,23,24,25). The molecule has 0 fully saturated rings. The third-order valence-corrected chi connectivity index (χ3v) is 4.12. The van der Waals surface area contributed by atoms with Crippen LogP contribution in [0.2, 0.25) is 0 Å². The molecule has 0 aliphatic carbocycles. The molecular weight excluding hydrogens is 384 g/mol. The second-order valence-corrected chi connectivity index (χ2v) is 6.43. The van der Waals surface area contributed by atoms with Crippen LogP contribution >= 0.6 is 0 Å². The predicted molar refractivity (Wildman–Crippen MR) is 113 cm³/mol. The van der Waals surface area contributed by atoms with Crippen molar-refractivity contribution in [3.63, 3.8) is 0 Å². The zero-order chi connectivity index (χ0) is 20.9. The summed E-state index contributed by atoms with van der Waals surface area (Å²) in [6.07, 6.45) is 1.52. The summed E-state index contributed by atoms with van der Waals surface area (Å²) in [6.45, 7) is 4.62. The number of benzene rings is 1. The van der Waals surface area contributed by atoms with Gasteiger partial charge in [0.25, 0.3) is 5.91 Å². The molecule has 0 aliphatic rings. The molecule has 0 radical (unpaired) electrons. The summed E-state index contributed by atoms with van der Waals surface area (Å²) in [6, 6.07) is 14.1. The minimum Gasteiger partial charge on any atom is -0.461 e. The van der Waals surface area contributed by atoms with Gasteiger partial charge in [0.1, 0.15) is 17.5 Å². The number of carbonyl (C=O) groups excluding carboxylic acids is 1. The van der Waals surface area contributed by atoms with Crippen LogP contribution < -0.4 is 16.0 Å². The number of furan rings is 1. The largest absolute Gasteiger partial charge is 0.461 e. The maximum atomic E-state index is 12.4. The van der Waals surface area contributed by atoms with E-state index in [1.54, 1.807) is 24.3 Å². The summed E-state index contributed by atoms with van der Waals surface area (Å²) < 4.78 is 10.4. The van der Waals surface area contributed by atoms with Crippen LogP contribution in [0.15, 0.2) is 63.7 Å². The summed E-state index contributed by atoms with van der Waals surface area (Å²) in [5, 5.41) is 13.0. The van der Waals surface area contributed by atoms with Gasteiger partial charge < -0.3 is 24.9 Å². The van der Waals surface area contributed by atoms with Gasteiger partial charge in [-0.25, -0.2) is 9.97 Å². The second kappa shape index (κ2) is 8.48. The zero-order valence-electron chi connectivity index (χ0n) is 16.5. The molecule has 3 heterocycles. The van der Waals surface area contributed by atoms with Crippen molar-refractivity contribution in [2.75, 3.05) is 22.5 Å². The van der Waals surface area contributed by atoms with E-state index in [0.29, 0.717) is 28.9 Å². The Bertz CT molecular complexity index is 1140. The first-order valence-electron chi connectivity index (χ1n) is 9.39. The zero-order valence-corrected chi connectivity index (χ0v) is 16.5. The summed E-state index contributed by atoms with van der Waals surface area (Å²) in [5.41, 5.74) is 1.62. The molecule has 1 amide bonds. The number of hydrogen-bond acceptors (Lipinski definition) is 8. The highest BCUT2D eigenvalue weighted by molar-refractivity contribution is 6.03. The molecule has 4 aromatic rings. The Kier molecular flexibility index (Phi) is 5.42. The molecule has 3 aromatic heterocycles. The van der Waals surface area contributed by atoms with E-state index >= 15 is 0 Å². The molecule has 0 saturated heterocycles. The van der Waals surface area contributed by atoms with Crippen molar-refractivity contribution in [1.82, 2.24) is 15.1 Å². The smallest absolute Gasteiger partial charge is 0.277 e. The van der Waals surface area contributed by atoms with E-state index in [2.05, 4.69) is 31.1 Å². The van der Waals surface area contributed by atoms with Gasteiger partial charge >= 0.3 is 0 Å². The molecule has 0 bridgehead atoms. The molecule has 1 aromatic carbocycles. The average Bonchev–Trinajstić information content (AvgIpc) is 3.41. The lowest BCUT2D eigenvalue weighted by molar-refractivity contribution is 0.101. The molecule has 0 unspecified atom stereocenters. The van der Waals surface area contributed by atoms with E-state index in [1.807, 2.05) is 32.0 Å². The Balaban J connectivity index is 1.41. The number of hydrogen-bond donors (Lipinski definition) is 3. The summed E-state index contributed by atoms with van der Waals surface area (Å²) in [4.78, 5) is 21.1. The molecule has 0 spiro atoms. The van der Waals surface area contributed by atoms with Gasteiger partial charge in [-0.1, -0.05) is 5.16 Å². The lowest BCUT2D eigenvalue weighted by Gasteiger charge is -2.10. The Labute approximate surface area is 172 Å². The number of amides is 1. The Morgan fingerprint density at radius 1 is 1.00 bits per heavy atom. The molecular formula is C21H20N6O3. The second-order valence-electron chi connectivity index (χ2n) is 6.43.